The molecule has 0 saturated carbocycles. The summed E-state index contributed by atoms with van der Waals surface area (Å²) in [7, 11) is 0. The number of ether oxygens (including phenoxy) is 1. The average Bonchev–Trinajstić information content (AvgIpc) is 2.36. The summed E-state index contributed by atoms with van der Waals surface area (Å²) in [6.45, 7) is 1.77. The molecule has 2 rings (SSSR count). The zero-order valence-corrected chi connectivity index (χ0v) is 11.4. The number of aryl methyl sites for hydroxylation is 1. The third-order valence-electron chi connectivity index (χ3n) is 2.50. The molecule has 2 aromatic rings. The van der Waals surface area contributed by atoms with Gasteiger partial charge in [-0.15, -0.1) is 0 Å². The fourth-order valence-electron chi connectivity index (χ4n) is 1.61. The smallest absolute Gasteiger partial charge is 0.165 e. The maximum Gasteiger partial charge on any atom is 0.165 e. The number of hydrogen-bond acceptors (Lipinski definition) is 2. The van der Waals surface area contributed by atoms with Crippen LogP contribution in [-0.4, -0.2) is 5.11 Å². The lowest BCUT2D eigenvalue weighted by atomic mass is 10.1. The second-order valence-electron chi connectivity index (χ2n) is 3.95. The highest BCUT2D eigenvalue weighted by atomic mass is 79.9. The van der Waals surface area contributed by atoms with Gasteiger partial charge in [-0.1, -0.05) is 33.6 Å². The molecular weight excluding hydrogens is 299 g/mol. The van der Waals surface area contributed by atoms with Crippen molar-refractivity contribution in [2.75, 3.05) is 0 Å². The lowest BCUT2D eigenvalue weighted by Gasteiger charge is -2.11. The highest BCUT2D eigenvalue weighted by Gasteiger charge is 2.09. The van der Waals surface area contributed by atoms with Gasteiger partial charge in [-0.05, 0) is 31.2 Å². The summed E-state index contributed by atoms with van der Waals surface area (Å²) >= 11 is 3.26. The maximum atomic E-state index is 13.6. The van der Waals surface area contributed by atoms with Crippen LogP contribution in [0.3, 0.4) is 0 Å². The van der Waals surface area contributed by atoms with Crippen LogP contribution in [-0.2, 0) is 6.61 Å². The lowest BCUT2D eigenvalue weighted by Crippen LogP contribution is -1.94. The molecule has 1 N–H and O–H groups in total. The first-order valence-electron chi connectivity index (χ1n) is 5.43. The van der Waals surface area contributed by atoms with Gasteiger partial charge in [-0.2, -0.15) is 0 Å². The van der Waals surface area contributed by atoms with Crippen molar-refractivity contribution >= 4 is 15.9 Å². The van der Waals surface area contributed by atoms with Crippen LogP contribution in [0.25, 0.3) is 0 Å². The second kappa shape index (κ2) is 5.50. The van der Waals surface area contributed by atoms with Crippen molar-refractivity contribution in [2.24, 2.45) is 0 Å². The number of rotatable bonds is 3. The molecule has 0 radical (unpaired) electrons. The van der Waals surface area contributed by atoms with E-state index in [2.05, 4.69) is 15.9 Å². The molecule has 0 amide bonds. The molecule has 0 spiro atoms. The molecule has 94 valence electrons. The van der Waals surface area contributed by atoms with E-state index in [4.69, 9.17) is 4.74 Å². The molecule has 0 heterocycles. The van der Waals surface area contributed by atoms with Crippen molar-refractivity contribution in [3.8, 4) is 11.5 Å². The fraction of sp³-hybridized carbons (Fsp3) is 0.143. The SMILES string of the molecule is Cc1ccc(Oc2cc(Br)ccc2F)c(CO)c1. The van der Waals surface area contributed by atoms with Crippen LogP contribution in [0.1, 0.15) is 11.1 Å². The van der Waals surface area contributed by atoms with Gasteiger partial charge in [0.1, 0.15) is 5.75 Å². The minimum atomic E-state index is -0.442. The summed E-state index contributed by atoms with van der Waals surface area (Å²) in [5, 5.41) is 9.26. The first kappa shape index (κ1) is 13.1. The number of benzene rings is 2. The standard InChI is InChI=1S/C14H12BrFO2/c1-9-2-5-13(10(6-9)8-17)18-14-7-11(15)3-4-12(14)16/h2-7,17H,8H2,1H3. The van der Waals surface area contributed by atoms with E-state index >= 15 is 0 Å². The third kappa shape index (κ3) is 2.89. The zero-order valence-electron chi connectivity index (χ0n) is 9.78. The van der Waals surface area contributed by atoms with Gasteiger partial charge < -0.3 is 9.84 Å². The van der Waals surface area contributed by atoms with E-state index in [0.717, 1.165) is 10.0 Å². The van der Waals surface area contributed by atoms with Crippen LogP contribution < -0.4 is 4.74 Å². The third-order valence-corrected chi connectivity index (χ3v) is 2.99. The van der Waals surface area contributed by atoms with E-state index in [1.807, 2.05) is 19.1 Å². The summed E-state index contributed by atoms with van der Waals surface area (Å²) in [4.78, 5) is 0. The van der Waals surface area contributed by atoms with Crippen LogP contribution >= 0.6 is 15.9 Å². The minimum absolute atomic E-state index is 0.128. The molecule has 4 heteroatoms. The molecule has 0 fully saturated rings. The van der Waals surface area contributed by atoms with Gasteiger partial charge in [0.05, 0.1) is 6.61 Å². The maximum absolute atomic E-state index is 13.6. The van der Waals surface area contributed by atoms with Crippen LogP contribution in [0.4, 0.5) is 4.39 Å². The number of aliphatic hydroxyl groups is 1. The number of halogens is 2. The number of hydrogen-bond donors (Lipinski definition) is 1. The van der Waals surface area contributed by atoms with Gasteiger partial charge in [-0.3, -0.25) is 0 Å². The van der Waals surface area contributed by atoms with Gasteiger partial charge >= 0.3 is 0 Å². The van der Waals surface area contributed by atoms with Gasteiger partial charge in [0, 0.05) is 10.0 Å². The summed E-state index contributed by atoms with van der Waals surface area (Å²) < 4.78 is 19.8. The Labute approximate surface area is 113 Å². The van der Waals surface area contributed by atoms with Gasteiger partial charge in [0.25, 0.3) is 0 Å². The van der Waals surface area contributed by atoms with E-state index in [0.29, 0.717) is 11.3 Å². The lowest BCUT2D eigenvalue weighted by molar-refractivity contribution is 0.276. The molecule has 0 atom stereocenters. The van der Waals surface area contributed by atoms with Crippen molar-refractivity contribution in [2.45, 2.75) is 13.5 Å². The average molecular weight is 311 g/mol. The highest BCUT2D eigenvalue weighted by Crippen LogP contribution is 2.30. The number of aliphatic hydroxyl groups excluding tert-OH is 1. The molecule has 0 saturated heterocycles. The van der Waals surface area contributed by atoms with Crippen molar-refractivity contribution in [1.29, 1.82) is 0 Å². The predicted molar refractivity (Wildman–Crippen MR) is 71.3 cm³/mol. The molecule has 0 aliphatic heterocycles. The van der Waals surface area contributed by atoms with Crippen molar-refractivity contribution < 1.29 is 14.2 Å². The fourth-order valence-corrected chi connectivity index (χ4v) is 1.95. The largest absolute Gasteiger partial charge is 0.454 e. The van der Waals surface area contributed by atoms with Crippen LogP contribution in [0, 0.1) is 12.7 Å². The summed E-state index contributed by atoms with van der Waals surface area (Å²) in [5.74, 6) is 0.144. The normalized spacial score (nSPS) is 10.4. The van der Waals surface area contributed by atoms with Crippen molar-refractivity contribution in [3.63, 3.8) is 0 Å². The van der Waals surface area contributed by atoms with Gasteiger partial charge in [0.15, 0.2) is 11.6 Å². The Hall–Kier alpha value is -1.39. The summed E-state index contributed by atoms with van der Waals surface area (Å²) in [5.41, 5.74) is 1.65. The van der Waals surface area contributed by atoms with Crippen LogP contribution in [0.2, 0.25) is 0 Å². The Morgan fingerprint density at radius 3 is 2.67 bits per heavy atom. The monoisotopic (exact) mass is 310 g/mol. The zero-order chi connectivity index (χ0) is 13.1. The molecule has 2 nitrogen and oxygen atoms in total. The molecule has 0 unspecified atom stereocenters. The van der Waals surface area contributed by atoms with E-state index in [9.17, 15) is 9.50 Å². The van der Waals surface area contributed by atoms with Crippen molar-refractivity contribution in [3.05, 3.63) is 57.8 Å². The molecule has 0 aliphatic carbocycles. The van der Waals surface area contributed by atoms with Gasteiger partial charge in [-0.25, -0.2) is 4.39 Å². The molecule has 0 bridgehead atoms. The van der Waals surface area contributed by atoms with E-state index < -0.39 is 5.82 Å². The quantitative estimate of drug-likeness (QED) is 0.921. The van der Waals surface area contributed by atoms with Crippen LogP contribution in [0.15, 0.2) is 40.9 Å². The highest BCUT2D eigenvalue weighted by molar-refractivity contribution is 9.10. The first-order valence-corrected chi connectivity index (χ1v) is 6.23. The Balaban J connectivity index is 2.36. The molecule has 0 aliphatic rings. The Morgan fingerprint density at radius 2 is 1.94 bits per heavy atom. The van der Waals surface area contributed by atoms with E-state index in [-0.39, 0.29) is 12.4 Å². The Bertz CT molecular complexity index is 570. The molecule has 18 heavy (non-hydrogen) atoms. The Morgan fingerprint density at radius 1 is 1.17 bits per heavy atom. The van der Waals surface area contributed by atoms with Gasteiger partial charge in [0.2, 0.25) is 0 Å². The van der Waals surface area contributed by atoms with E-state index in [1.54, 1.807) is 18.2 Å². The molecule has 2 aromatic carbocycles. The molecule has 0 aromatic heterocycles. The second-order valence-corrected chi connectivity index (χ2v) is 4.86. The predicted octanol–water partition coefficient (Wildman–Crippen LogP) is 4.18. The first-order chi connectivity index (χ1) is 8.60. The Kier molecular flexibility index (Phi) is 3.99. The molecular formula is C14H12BrFO2. The summed E-state index contributed by atoms with van der Waals surface area (Å²) in [6, 6.07) is 9.86. The topological polar surface area (TPSA) is 29.5 Å². The summed E-state index contributed by atoms with van der Waals surface area (Å²) in [6.07, 6.45) is 0. The van der Waals surface area contributed by atoms with Crippen LogP contribution in [0.5, 0.6) is 11.5 Å². The van der Waals surface area contributed by atoms with E-state index in [1.165, 1.54) is 6.07 Å². The minimum Gasteiger partial charge on any atom is -0.454 e. The van der Waals surface area contributed by atoms with Crippen molar-refractivity contribution in [1.82, 2.24) is 0 Å².